The van der Waals surface area contributed by atoms with Gasteiger partial charge >= 0.3 is 0 Å². The molecule has 0 radical (unpaired) electrons. The molecule has 2 aromatic rings. The summed E-state index contributed by atoms with van der Waals surface area (Å²) < 4.78 is 31.2. The standard InChI is InChI=1S/C18H22F2N4O2.ClH/c1-24-10-13(7-23-24)15-8-21-9-16(15)18(25)22-6-12-3-2-4-14(5-12)26-11-17(19)20;/h2-5,7,10,15-17,21H,6,8-9,11H2,1H3,(H,22,25);1H/t15-,16+;/m1./s1. The zero-order chi connectivity index (χ0) is 18.5. The number of alkyl halides is 2. The number of carbonyl (C=O) groups is 1. The summed E-state index contributed by atoms with van der Waals surface area (Å²) in [6.07, 6.45) is 1.21. The Balaban J connectivity index is 0.00000261. The highest BCUT2D eigenvalue weighted by atomic mass is 35.5. The van der Waals surface area contributed by atoms with Gasteiger partial charge in [0.15, 0.2) is 0 Å². The van der Waals surface area contributed by atoms with Crippen LogP contribution >= 0.6 is 12.4 Å². The van der Waals surface area contributed by atoms with E-state index in [4.69, 9.17) is 4.74 Å². The van der Waals surface area contributed by atoms with Crippen LogP contribution in [0.5, 0.6) is 5.75 Å². The predicted octanol–water partition coefficient (Wildman–Crippen LogP) is 2.11. The molecule has 1 aromatic carbocycles. The van der Waals surface area contributed by atoms with Crippen LogP contribution < -0.4 is 15.4 Å². The van der Waals surface area contributed by atoms with E-state index in [9.17, 15) is 13.6 Å². The summed E-state index contributed by atoms with van der Waals surface area (Å²) in [5.41, 5.74) is 1.84. The molecule has 0 bridgehead atoms. The molecule has 0 saturated carbocycles. The maximum atomic E-state index is 12.6. The van der Waals surface area contributed by atoms with Crippen molar-refractivity contribution in [3.8, 4) is 5.75 Å². The van der Waals surface area contributed by atoms with Crippen LogP contribution in [0.15, 0.2) is 36.7 Å². The van der Waals surface area contributed by atoms with Crippen LogP contribution in [0.2, 0.25) is 0 Å². The maximum Gasteiger partial charge on any atom is 0.272 e. The predicted molar refractivity (Wildman–Crippen MR) is 99.3 cm³/mol. The van der Waals surface area contributed by atoms with E-state index in [0.29, 0.717) is 18.8 Å². The third-order valence-corrected chi connectivity index (χ3v) is 4.45. The lowest BCUT2D eigenvalue weighted by atomic mass is 9.90. The maximum absolute atomic E-state index is 12.6. The Morgan fingerprint density at radius 3 is 2.96 bits per heavy atom. The molecule has 3 rings (SSSR count). The van der Waals surface area contributed by atoms with Gasteiger partial charge in [-0.05, 0) is 23.3 Å². The summed E-state index contributed by atoms with van der Waals surface area (Å²) in [4.78, 5) is 12.6. The van der Waals surface area contributed by atoms with Gasteiger partial charge in [0, 0.05) is 38.8 Å². The number of aryl methyl sites for hydroxylation is 1. The van der Waals surface area contributed by atoms with Gasteiger partial charge in [-0.2, -0.15) is 5.10 Å². The van der Waals surface area contributed by atoms with Crippen molar-refractivity contribution < 1.29 is 18.3 Å². The van der Waals surface area contributed by atoms with E-state index in [1.54, 1.807) is 29.1 Å². The van der Waals surface area contributed by atoms with Gasteiger partial charge in [0.2, 0.25) is 5.91 Å². The second-order valence-corrected chi connectivity index (χ2v) is 6.39. The summed E-state index contributed by atoms with van der Waals surface area (Å²) in [5, 5.41) is 10.4. The number of nitrogens with one attached hydrogen (secondary N) is 2. The van der Waals surface area contributed by atoms with Crippen molar-refractivity contribution in [3.63, 3.8) is 0 Å². The van der Waals surface area contributed by atoms with Crippen molar-refractivity contribution in [2.75, 3.05) is 19.7 Å². The summed E-state index contributed by atoms with van der Waals surface area (Å²) in [5.74, 6) is 0.248. The third-order valence-electron chi connectivity index (χ3n) is 4.45. The molecule has 1 aliphatic rings. The first-order valence-corrected chi connectivity index (χ1v) is 8.50. The number of carbonyl (C=O) groups excluding carboxylic acids is 1. The molecule has 1 saturated heterocycles. The Morgan fingerprint density at radius 2 is 2.26 bits per heavy atom. The fraction of sp³-hybridized carbons (Fsp3) is 0.444. The molecular weight excluding hydrogens is 378 g/mol. The largest absolute Gasteiger partial charge is 0.488 e. The SMILES string of the molecule is Cl.Cn1cc([C@H]2CNC[C@@H]2C(=O)NCc2cccc(OCC(F)F)c2)cn1. The smallest absolute Gasteiger partial charge is 0.272 e. The molecule has 9 heteroatoms. The van der Waals surface area contributed by atoms with Crippen molar-refractivity contribution in [1.82, 2.24) is 20.4 Å². The topological polar surface area (TPSA) is 68.2 Å². The zero-order valence-corrected chi connectivity index (χ0v) is 15.7. The summed E-state index contributed by atoms with van der Waals surface area (Å²) in [6, 6.07) is 6.82. The molecule has 6 nitrogen and oxygen atoms in total. The summed E-state index contributed by atoms with van der Waals surface area (Å²) in [7, 11) is 1.85. The highest BCUT2D eigenvalue weighted by Crippen LogP contribution is 2.28. The number of halogens is 3. The number of amides is 1. The average molecular weight is 401 g/mol. The van der Waals surface area contributed by atoms with Crippen LogP contribution in [0.3, 0.4) is 0 Å². The van der Waals surface area contributed by atoms with Crippen LogP contribution in [0.1, 0.15) is 17.0 Å². The van der Waals surface area contributed by atoms with E-state index < -0.39 is 13.0 Å². The Labute approximate surface area is 162 Å². The number of rotatable bonds is 7. The Morgan fingerprint density at radius 1 is 1.44 bits per heavy atom. The molecule has 0 unspecified atom stereocenters. The minimum absolute atomic E-state index is 0. The molecule has 2 heterocycles. The molecule has 1 aromatic heterocycles. The fourth-order valence-corrected chi connectivity index (χ4v) is 3.16. The lowest BCUT2D eigenvalue weighted by Crippen LogP contribution is -2.33. The molecule has 1 fully saturated rings. The van der Waals surface area contributed by atoms with E-state index in [2.05, 4.69) is 15.7 Å². The lowest BCUT2D eigenvalue weighted by Gasteiger charge is -2.17. The van der Waals surface area contributed by atoms with Gasteiger partial charge in [-0.15, -0.1) is 12.4 Å². The summed E-state index contributed by atoms with van der Waals surface area (Å²) in [6.45, 7) is 1.03. The molecule has 148 valence electrons. The first-order chi connectivity index (χ1) is 12.5. The zero-order valence-electron chi connectivity index (χ0n) is 14.9. The second-order valence-electron chi connectivity index (χ2n) is 6.39. The van der Waals surface area contributed by atoms with E-state index in [1.165, 1.54) is 0 Å². The van der Waals surface area contributed by atoms with Gasteiger partial charge in [0.25, 0.3) is 6.43 Å². The first-order valence-electron chi connectivity index (χ1n) is 8.50. The highest BCUT2D eigenvalue weighted by molar-refractivity contribution is 5.85. The molecular formula is C18H23ClF2N4O2. The van der Waals surface area contributed by atoms with E-state index >= 15 is 0 Å². The van der Waals surface area contributed by atoms with Gasteiger partial charge < -0.3 is 15.4 Å². The average Bonchev–Trinajstić information content (AvgIpc) is 3.27. The molecule has 27 heavy (non-hydrogen) atoms. The number of nitrogens with zero attached hydrogens (tertiary/aromatic N) is 2. The van der Waals surface area contributed by atoms with Crippen molar-refractivity contribution in [2.24, 2.45) is 13.0 Å². The van der Waals surface area contributed by atoms with Crippen molar-refractivity contribution in [2.45, 2.75) is 18.9 Å². The molecule has 0 spiro atoms. The van der Waals surface area contributed by atoms with E-state index in [1.807, 2.05) is 19.3 Å². The molecule has 1 amide bonds. The van der Waals surface area contributed by atoms with Gasteiger partial charge in [0.1, 0.15) is 12.4 Å². The number of hydrogen-bond acceptors (Lipinski definition) is 4. The van der Waals surface area contributed by atoms with Crippen LogP contribution in [-0.2, 0) is 18.4 Å². The van der Waals surface area contributed by atoms with Crippen LogP contribution in [0.4, 0.5) is 8.78 Å². The number of aromatic nitrogens is 2. The summed E-state index contributed by atoms with van der Waals surface area (Å²) >= 11 is 0. The molecule has 1 aliphatic heterocycles. The Kier molecular flexibility index (Phi) is 7.55. The van der Waals surface area contributed by atoms with Crippen LogP contribution in [-0.4, -0.2) is 41.8 Å². The number of benzene rings is 1. The van der Waals surface area contributed by atoms with Crippen molar-refractivity contribution in [1.29, 1.82) is 0 Å². The Hall–Kier alpha value is -2.19. The van der Waals surface area contributed by atoms with E-state index in [-0.39, 0.29) is 30.2 Å². The first kappa shape index (κ1) is 21.1. The molecule has 2 atom stereocenters. The highest BCUT2D eigenvalue weighted by Gasteiger charge is 2.34. The van der Waals surface area contributed by atoms with Crippen LogP contribution in [0, 0.1) is 5.92 Å². The van der Waals surface area contributed by atoms with Gasteiger partial charge in [-0.25, -0.2) is 8.78 Å². The number of ether oxygens (including phenoxy) is 1. The van der Waals surface area contributed by atoms with E-state index in [0.717, 1.165) is 17.7 Å². The van der Waals surface area contributed by atoms with Gasteiger partial charge in [0.05, 0.1) is 12.1 Å². The number of hydrogen-bond donors (Lipinski definition) is 2. The van der Waals surface area contributed by atoms with Crippen LogP contribution in [0.25, 0.3) is 0 Å². The van der Waals surface area contributed by atoms with Crippen molar-refractivity contribution in [3.05, 3.63) is 47.8 Å². The minimum Gasteiger partial charge on any atom is -0.488 e. The molecule has 0 aliphatic carbocycles. The van der Waals surface area contributed by atoms with Gasteiger partial charge in [-0.3, -0.25) is 9.48 Å². The quantitative estimate of drug-likeness (QED) is 0.747. The monoisotopic (exact) mass is 400 g/mol. The van der Waals surface area contributed by atoms with Gasteiger partial charge in [-0.1, -0.05) is 12.1 Å². The normalized spacial score (nSPS) is 19.0. The Bertz CT molecular complexity index is 756. The lowest BCUT2D eigenvalue weighted by molar-refractivity contribution is -0.125. The van der Waals surface area contributed by atoms with Crippen molar-refractivity contribution >= 4 is 18.3 Å². The second kappa shape index (κ2) is 9.66. The third kappa shape index (κ3) is 5.64. The minimum atomic E-state index is -2.52. The fourth-order valence-electron chi connectivity index (χ4n) is 3.16. The molecule has 2 N–H and O–H groups in total.